The van der Waals surface area contributed by atoms with Gasteiger partial charge in [-0.05, 0) is 31.2 Å². The Bertz CT molecular complexity index is 964. The molecular weight excluding hydrogens is 326 g/mol. The Kier molecular flexibility index (Phi) is 3.88. The van der Waals surface area contributed by atoms with Crippen LogP contribution in [0.3, 0.4) is 0 Å². The number of pyridine rings is 1. The van der Waals surface area contributed by atoms with E-state index in [-0.39, 0.29) is 11.9 Å². The third-order valence-electron chi connectivity index (χ3n) is 4.89. The predicted octanol–water partition coefficient (Wildman–Crippen LogP) is 3.42. The molecule has 6 heteroatoms. The zero-order chi connectivity index (χ0) is 18.3. The number of likely N-dealkylation sites (N-methyl/N-ethyl adjacent to an activating group) is 1. The summed E-state index contributed by atoms with van der Waals surface area (Å²) in [7, 11) is 1.85. The molecule has 0 saturated carbocycles. The number of anilines is 3. The summed E-state index contributed by atoms with van der Waals surface area (Å²) < 4.78 is 0. The molecule has 1 aliphatic heterocycles. The first kappa shape index (κ1) is 16.2. The summed E-state index contributed by atoms with van der Waals surface area (Å²) in [6.07, 6.45) is 2.45. The maximum atomic E-state index is 13.0. The quantitative estimate of drug-likeness (QED) is 0.677. The predicted molar refractivity (Wildman–Crippen MR) is 103 cm³/mol. The van der Waals surface area contributed by atoms with E-state index in [1.165, 1.54) is 0 Å². The number of aromatic nitrogens is 2. The third kappa shape index (κ3) is 2.69. The van der Waals surface area contributed by atoms with Crippen molar-refractivity contribution >= 4 is 23.1 Å². The molecule has 0 bridgehead atoms. The van der Waals surface area contributed by atoms with Crippen molar-refractivity contribution in [2.24, 2.45) is 0 Å². The van der Waals surface area contributed by atoms with Crippen LogP contribution in [0.2, 0.25) is 0 Å². The van der Waals surface area contributed by atoms with Crippen LogP contribution in [0.25, 0.3) is 11.3 Å². The number of nitrogens with zero attached hydrogens (tertiary/aromatic N) is 2. The Morgan fingerprint density at radius 1 is 1.27 bits per heavy atom. The molecule has 0 spiro atoms. The molecule has 1 aliphatic rings. The average molecular weight is 347 g/mol. The first-order chi connectivity index (χ1) is 12.5. The van der Waals surface area contributed by atoms with Crippen molar-refractivity contribution in [3.05, 3.63) is 59.9 Å². The first-order valence-corrected chi connectivity index (χ1v) is 8.60. The normalized spacial score (nSPS) is 16.5. The van der Waals surface area contributed by atoms with Crippen LogP contribution in [0.5, 0.6) is 0 Å². The molecule has 3 aromatic rings. The van der Waals surface area contributed by atoms with E-state index in [4.69, 9.17) is 5.73 Å². The van der Waals surface area contributed by atoms with E-state index in [0.29, 0.717) is 11.4 Å². The Balaban J connectivity index is 1.90. The fraction of sp³-hybridized carbons (Fsp3) is 0.200. The van der Waals surface area contributed by atoms with E-state index >= 15 is 0 Å². The second-order valence-electron chi connectivity index (χ2n) is 6.66. The summed E-state index contributed by atoms with van der Waals surface area (Å²) >= 11 is 0. The number of nitrogen functional groups attached to an aromatic ring is 1. The van der Waals surface area contributed by atoms with Crippen LogP contribution in [-0.4, -0.2) is 33.9 Å². The Labute approximate surface area is 152 Å². The number of fused-ring (bicyclic) bond motifs is 1. The molecule has 6 nitrogen and oxygen atoms in total. The van der Waals surface area contributed by atoms with Gasteiger partial charge >= 0.3 is 0 Å². The van der Waals surface area contributed by atoms with Gasteiger partial charge in [0.05, 0.1) is 16.9 Å². The number of hydrogen-bond donors (Lipinski definition) is 3. The van der Waals surface area contributed by atoms with Gasteiger partial charge in [-0.3, -0.25) is 4.79 Å². The number of benzene rings is 1. The van der Waals surface area contributed by atoms with Gasteiger partial charge in [-0.15, -0.1) is 0 Å². The minimum absolute atomic E-state index is 0.0155. The summed E-state index contributed by atoms with van der Waals surface area (Å²) in [4.78, 5) is 22.3. The van der Waals surface area contributed by atoms with Crippen LogP contribution in [0.1, 0.15) is 23.0 Å². The first-order valence-electron chi connectivity index (χ1n) is 8.60. The summed E-state index contributed by atoms with van der Waals surface area (Å²) in [5.41, 5.74) is 11.0. The van der Waals surface area contributed by atoms with Crippen molar-refractivity contribution in [3.8, 4) is 11.3 Å². The maximum Gasteiger partial charge on any atom is 0.257 e. The highest BCUT2D eigenvalue weighted by atomic mass is 16.2. The lowest BCUT2D eigenvalue weighted by Gasteiger charge is -2.30. The van der Waals surface area contributed by atoms with Gasteiger partial charge in [0.1, 0.15) is 5.82 Å². The molecule has 1 aromatic carbocycles. The minimum atomic E-state index is 0.0155. The van der Waals surface area contributed by atoms with Gasteiger partial charge in [0.25, 0.3) is 5.91 Å². The standard InChI is InChI=1S/C20H21N5O/c1-12-10-15-17(20(26)25(12)2)19(23-14-6-4-3-5-7-14)18(24-15)13-8-9-22-16(21)11-13/h3-9,11-12,23-24H,10H2,1-2H3,(H2,21,22). The zero-order valence-corrected chi connectivity index (χ0v) is 14.8. The van der Waals surface area contributed by atoms with Gasteiger partial charge in [0, 0.05) is 42.7 Å². The van der Waals surface area contributed by atoms with Gasteiger partial charge in [0.2, 0.25) is 0 Å². The van der Waals surface area contributed by atoms with Crippen molar-refractivity contribution < 1.29 is 4.79 Å². The fourth-order valence-corrected chi connectivity index (χ4v) is 3.36. The van der Waals surface area contributed by atoms with Gasteiger partial charge in [0.15, 0.2) is 0 Å². The number of hydrogen-bond acceptors (Lipinski definition) is 4. The zero-order valence-electron chi connectivity index (χ0n) is 14.8. The van der Waals surface area contributed by atoms with Crippen molar-refractivity contribution in [2.75, 3.05) is 18.1 Å². The molecule has 0 saturated heterocycles. The van der Waals surface area contributed by atoms with Crippen molar-refractivity contribution in [1.82, 2.24) is 14.9 Å². The van der Waals surface area contributed by atoms with E-state index in [0.717, 1.165) is 34.7 Å². The lowest BCUT2D eigenvalue weighted by molar-refractivity contribution is 0.0721. The van der Waals surface area contributed by atoms with Crippen LogP contribution in [0.15, 0.2) is 48.7 Å². The van der Waals surface area contributed by atoms with E-state index in [2.05, 4.69) is 22.2 Å². The Hall–Kier alpha value is -3.28. The van der Waals surface area contributed by atoms with Gasteiger partial charge in [-0.2, -0.15) is 0 Å². The number of nitrogens with two attached hydrogens (primary N) is 1. The Morgan fingerprint density at radius 3 is 2.77 bits per heavy atom. The van der Waals surface area contributed by atoms with Crippen LogP contribution in [0.4, 0.5) is 17.2 Å². The van der Waals surface area contributed by atoms with Crippen molar-refractivity contribution in [2.45, 2.75) is 19.4 Å². The van der Waals surface area contributed by atoms with E-state index in [1.807, 2.05) is 49.5 Å². The molecule has 4 rings (SSSR count). The Morgan fingerprint density at radius 2 is 2.04 bits per heavy atom. The molecule has 0 radical (unpaired) electrons. The van der Waals surface area contributed by atoms with Crippen LogP contribution in [0, 0.1) is 0 Å². The SMILES string of the molecule is CC1Cc2[nH]c(-c3ccnc(N)c3)c(Nc3ccccc3)c2C(=O)N1C. The lowest BCUT2D eigenvalue weighted by atomic mass is 9.99. The number of carbonyl (C=O) groups is 1. The topological polar surface area (TPSA) is 87.0 Å². The summed E-state index contributed by atoms with van der Waals surface area (Å²) in [5.74, 6) is 0.458. The summed E-state index contributed by atoms with van der Waals surface area (Å²) in [5, 5.41) is 3.42. The van der Waals surface area contributed by atoms with Gasteiger partial charge in [-0.1, -0.05) is 18.2 Å². The second kappa shape index (κ2) is 6.22. The smallest absolute Gasteiger partial charge is 0.257 e. The third-order valence-corrected chi connectivity index (χ3v) is 4.89. The molecule has 1 unspecified atom stereocenters. The fourth-order valence-electron chi connectivity index (χ4n) is 3.36. The van der Waals surface area contributed by atoms with Gasteiger partial charge in [-0.25, -0.2) is 4.98 Å². The molecule has 3 heterocycles. The number of carbonyl (C=O) groups excluding carboxylic acids is 1. The van der Waals surface area contributed by atoms with Crippen molar-refractivity contribution in [3.63, 3.8) is 0 Å². The summed E-state index contributed by atoms with van der Waals surface area (Å²) in [6.45, 7) is 2.05. The number of para-hydroxylation sites is 1. The molecule has 1 atom stereocenters. The molecule has 132 valence electrons. The molecular formula is C20H21N5O. The molecule has 1 amide bonds. The monoisotopic (exact) mass is 347 g/mol. The molecule has 0 aliphatic carbocycles. The van der Waals surface area contributed by atoms with Crippen LogP contribution < -0.4 is 11.1 Å². The van der Waals surface area contributed by atoms with Crippen LogP contribution >= 0.6 is 0 Å². The number of H-pyrrole nitrogens is 1. The molecule has 0 fully saturated rings. The molecule has 26 heavy (non-hydrogen) atoms. The molecule has 4 N–H and O–H groups in total. The lowest BCUT2D eigenvalue weighted by Crippen LogP contribution is -2.41. The van der Waals surface area contributed by atoms with E-state index in [1.54, 1.807) is 11.1 Å². The molecule has 2 aromatic heterocycles. The average Bonchev–Trinajstić information content (AvgIpc) is 2.99. The van der Waals surface area contributed by atoms with Crippen molar-refractivity contribution in [1.29, 1.82) is 0 Å². The highest BCUT2D eigenvalue weighted by Crippen LogP contribution is 2.38. The van der Waals surface area contributed by atoms with Gasteiger partial charge < -0.3 is 20.9 Å². The number of amides is 1. The summed E-state index contributed by atoms with van der Waals surface area (Å²) in [6, 6.07) is 13.7. The maximum absolute atomic E-state index is 13.0. The number of rotatable bonds is 3. The number of nitrogens with one attached hydrogen (secondary N) is 2. The van der Waals surface area contributed by atoms with E-state index in [9.17, 15) is 4.79 Å². The second-order valence-corrected chi connectivity index (χ2v) is 6.66. The highest BCUT2D eigenvalue weighted by molar-refractivity contribution is 6.06. The largest absolute Gasteiger partial charge is 0.384 e. The van der Waals surface area contributed by atoms with Crippen LogP contribution in [-0.2, 0) is 6.42 Å². The highest BCUT2D eigenvalue weighted by Gasteiger charge is 2.33. The minimum Gasteiger partial charge on any atom is -0.384 e. The van der Waals surface area contributed by atoms with E-state index < -0.39 is 0 Å². The number of aromatic amines is 1.